The van der Waals surface area contributed by atoms with E-state index >= 15 is 0 Å². The Bertz CT molecular complexity index is 775. The summed E-state index contributed by atoms with van der Waals surface area (Å²) < 4.78 is 5.20. The molecule has 0 saturated heterocycles. The van der Waals surface area contributed by atoms with Crippen LogP contribution in [-0.4, -0.2) is 63.9 Å². The van der Waals surface area contributed by atoms with Gasteiger partial charge in [-0.15, -0.1) is 0 Å². The van der Waals surface area contributed by atoms with E-state index in [4.69, 9.17) is 4.74 Å². The second-order valence-electron chi connectivity index (χ2n) is 8.93. The van der Waals surface area contributed by atoms with Crippen LogP contribution in [0.25, 0.3) is 0 Å². The Morgan fingerprint density at radius 1 is 1.16 bits per heavy atom. The lowest BCUT2D eigenvalue weighted by Crippen LogP contribution is -2.55. The van der Waals surface area contributed by atoms with Crippen molar-refractivity contribution in [3.63, 3.8) is 0 Å². The summed E-state index contributed by atoms with van der Waals surface area (Å²) in [6.07, 6.45) is 0.507. The zero-order chi connectivity index (χ0) is 24.5. The largest absolute Gasteiger partial charge is 0.508 e. The van der Waals surface area contributed by atoms with E-state index in [1.807, 2.05) is 6.92 Å². The van der Waals surface area contributed by atoms with E-state index in [0.717, 1.165) is 6.42 Å². The lowest BCUT2D eigenvalue weighted by atomic mass is 10.0. The molecule has 0 bridgehead atoms. The van der Waals surface area contributed by atoms with E-state index in [1.165, 1.54) is 17.0 Å². The third-order valence-electron chi connectivity index (χ3n) is 4.38. The minimum Gasteiger partial charge on any atom is -0.508 e. The zero-order valence-corrected chi connectivity index (χ0v) is 19.8. The van der Waals surface area contributed by atoms with E-state index in [-0.39, 0.29) is 18.3 Å². The molecule has 4 N–H and O–H groups in total. The fourth-order valence-corrected chi connectivity index (χ4v) is 3.06. The molecule has 0 fully saturated rings. The Hall–Kier alpha value is -2.81. The number of phenolic OH excluding ortho intramolecular Hbond substituents is 1. The molecule has 0 aliphatic heterocycles. The molecule has 3 amide bonds. The van der Waals surface area contributed by atoms with Crippen LogP contribution in [0, 0.1) is 0 Å². The first-order valence-electron chi connectivity index (χ1n) is 10.9. The summed E-state index contributed by atoms with van der Waals surface area (Å²) >= 11 is 0. The van der Waals surface area contributed by atoms with E-state index in [1.54, 1.807) is 46.8 Å². The van der Waals surface area contributed by atoms with Crippen molar-refractivity contribution in [2.24, 2.45) is 0 Å². The van der Waals surface area contributed by atoms with Gasteiger partial charge in [0.25, 0.3) is 0 Å². The zero-order valence-electron chi connectivity index (χ0n) is 19.8. The number of nitrogens with zero attached hydrogens (tertiary/aromatic N) is 1. The molecule has 9 nitrogen and oxygen atoms in total. The number of phenols is 1. The summed E-state index contributed by atoms with van der Waals surface area (Å²) in [5.41, 5.74) is -0.363. The third-order valence-corrected chi connectivity index (χ3v) is 4.38. The van der Waals surface area contributed by atoms with Gasteiger partial charge >= 0.3 is 6.09 Å². The molecule has 0 aliphatic carbocycles. The van der Waals surface area contributed by atoms with Gasteiger partial charge in [-0.25, -0.2) is 4.79 Å². The lowest BCUT2D eigenvalue weighted by Gasteiger charge is -2.34. The SMILES string of the molecule is CCCCN(C(=O)C(CO)NC(=O)OC(C)(C)C)C(C(=O)NC(C)C)c1cccc(O)c1. The molecule has 1 aromatic carbocycles. The summed E-state index contributed by atoms with van der Waals surface area (Å²) in [5.74, 6) is -1.10. The molecule has 0 aliphatic rings. The van der Waals surface area contributed by atoms with Crippen LogP contribution < -0.4 is 10.6 Å². The molecule has 0 heterocycles. The predicted molar refractivity (Wildman–Crippen MR) is 121 cm³/mol. The number of hydrogen-bond acceptors (Lipinski definition) is 6. The minimum atomic E-state index is -1.30. The number of ether oxygens (including phenoxy) is 1. The highest BCUT2D eigenvalue weighted by Crippen LogP contribution is 2.26. The maximum absolute atomic E-state index is 13.4. The number of hydrogen-bond donors (Lipinski definition) is 4. The van der Waals surface area contributed by atoms with Gasteiger partial charge in [-0.05, 0) is 58.7 Å². The summed E-state index contributed by atoms with van der Waals surface area (Å²) in [7, 11) is 0. The van der Waals surface area contributed by atoms with Crippen molar-refractivity contribution in [2.75, 3.05) is 13.2 Å². The van der Waals surface area contributed by atoms with E-state index in [9.17, 15) is 24.6 Å². The van der Waals surface area contributed by atoms with Crippen LogP contribution >= 0.6 is 0 Å². The fraction of sp³-hybridized carbons (Fsp3) is 0.609. The number of rotatable bonds is 10. The number of aliphatic hydroxyl groups is 1. The quantitative estimate of drug-likeness (QED) is 0.433. The molecule has 1 rings (SSSR count). The van der Waals surface area contributed by atoms with Crippen LogP contribution in [0.4, 0.5) is 4.79 Å². The van der Waals surface area contributed by atoms with Crippen molar-refractivity contribution >= 4 is 17.9 Å². The van der Waals surface area contributed by atoms with Crippen molar-refractivity contribution in [3.8, 4) is 5.75 Å². The van der Waals surface area contributed by atoms with Crippen LogP contribution in [0.15, 0.2) is 24.3 Å². The first kappa shape index (κ1) is 27.2. The number of aromatic hydroxyl groups is 1. The highest BCUT2D eigenvalue weighted by molar-refractivity contribution is 5.92. The normalized spacial score (nSPS) is 13.2. The van der Waals surface area contributed by atoms with Gasteiger partial charge in [-0.3, -0.25) is 9.59 Å². The highest BCUT2D eigenvalue weighted by atomic mass is 16.6. The van der Waals surface area contributed by atoms with Crippen LogP contribution in [0.2, 0.25) is 0 Å². The number of benzene rings is 1. The minimum absolute atomic E-state index is 0.0432. The maximum atomic E-state index is 13.4. The number of aliphatic hydroxyl groups excluding tert-OH is 1. The fourth-order valence-electron chi connectivity index (χ4n) is 3.06. The van der Waals surface area contributed by atoms with Crippen molar-refractivity contribution < 1.29 is 29.3 Å². The summed E-state index contributed by atoms with van der Waals surface area (Å²) in [4.78, 5) is 40.1. The molecule has 32 heavy (non-hydrogen) atoms. The second kappa shape index (κ2) is 12.3. The van der Waals surface area contributed by atoms with Gasteiger partial charge in [0.05, 0.1) is 6.61 Å². The number of nitrogens with one attached hydrogen (secondary N) is 2. The molecule has 9 heteroatoms. The number of carbonyl (C=O) groups is 3. The first-order chi connectivity index (χ1) is 14.9. The summed E-state index contributed by atoms with van der Waals surface area (Å²) in [6.45, 7) is 10.2. The maximum Gasteiger partial charge on any atom is 0.408 e. The Kier molecular flexibility index (Phi) is 10.5. The van der Waals surface area contributed by atoms with Crippen molar-refractivity contribution in [2.45, 2.75) is 78.1 Å². The van der Waals surface area contributed by atoms with Gasteiger partial charge in [0.1, 0.15) is 23.4 Å². The molecule has 1 aromatic rings. The standard InChI is InChI=1S/C23H37N3O6/c1-7-8-12-26(21(30)18(14-27)25-22(31)32-23(4,5)6)19(20(29)24-15(2)3)16-10-9-11-17(28)13-16/h9-11,13,15,18-19,27-28H,7-8,12,14H2,1-6H3,(H,24,29)(H,25,31). The number of carbonyl (C=O) groups excluding carboxylic acids is 3. The Labute approximate surface area is 190 Å². The Morgan fingerprint density at radius 3 is 2.31 bits per heavy atom. The van der Waals surface area contributed by atoms with Gasteiger partial charge < -0.3 is 30.5 Å². The van der Waals surface area contributed by atoms with Gasteiger partial charge in [0.2, 0.25) is 11.8 Å². The molecule has 0 aromatic heterocycles. The average Bonchev–Trinajstić information content (AvgIpc) is 2.66. The smallest absolute Gasteiger partial charge is 0.408 e. The Balaban J connectivity index is 3.33. The lowest BCUT2D eigenvalue weighted by molar-refractivity contribution is -0.143. The average molecular weight is 452 g/mol. The third kappa shape index (κ3) is 8.74. The van der Waals surface area contributed by atoms with E-state index < -0.39 is 42.2 Å². The molecule has 0 spiro atoms. The summed E-state index contributed by atoms with van der Waals surface area (Å²) in [5, 5.41) is 25.0. The van der Waals surface area contributed by atoms with Crippen LogP contribution in [0.3, 0.4) is 0 Å². The predicted octanol–water partition coefficient (Wildman–Crippen LogP) is 2.47. The molecule has 0 saturated carbocycles. The van der Waals surface area contributed by atoms with Gasteiger partial charge in [0, 0.05) is 12.6 Å². The van der Waals surface area contributed by atoms with Crippen molar-refractivity contribution in [3.05, 3.63) is 29.8 Å². The Morgan fingerprint density at radius 2 is 1.81 bits per heavy atom. The van der Waals surface area contributed by atoms with Crippen LogP contribution in [-0.2, 0) is 14.3 Å². The van der Waals surface area contributed by atoms with Gasteiger partial charge in [-0.2, -0.15) is 0 Å². The van der Waals surface area contributed by atoms with Gasteiger partial charge in [-0.1, -0.05) is 25.5 Å². The van der Waals surface area contributed by atoms with Gasteiger partial charge in [0.15, 0.2) is 0 Å². The number of unbranched alkanes of at least 4 members (excludes halogenated alkanes) is 1. The molecule has 2 unspecified atom stereocenters. The van der Waals surface area contributed by atoms with E-state index in [0.29, 0.717) is 12.0 Å². The molecular weight excluding hydrogens is 414 g/mol. The van der Waals surface area contributed by atoms with Crippen molar-refractivity contribution in [1.29, 1.82) is 0 Å². The van der Waals surface area contributed by atoms with Crippen molar-refractivity contribution in [1.82, 2.24) is 15.5 Å². The monoisotopic (exact) mass is 451 g/mol. The molecule has 2 atom stereocenters. The highest BCUT2D eigenvalue weighted by Gasteiger charge is 2.36. The first-order valence-corrected chi connectivity index (χ1v) is 10.9. The molecular formula is C23H37N3O6. The molecule has 180 valence electrons. The second-order valence-corrected chi connectivity index (χ2v) is 8.93. The summed E-state index contributed by atoms with van der Waals surface area (Å²) in [6, 6.07) is 3.59. The van der Waals surface area contributed by atoms with Crippen LogP contribution in [0.5, 0.6) is 5.75 Å². The van der Waals surface area contributed by atoms with E-state index in [2.05, 4.69) is 10.6 Å². The number of amides is 3. The topological polar surface area (TPSA) is 128 Å². The molecule has 0 radical (unpaired) electrons. The number of alkyl carbamates (subject to hydrolysis) is 1. The van der Waals surface area contributed by atoms with Crippen LogP contribution in [0.1, 0.15) is 66.0 Å².